The summed E-state index contributed by atoms with van der Waals surface area (Å²) < 4.78 is 32.5. The van der Waals surface area contributed by atoms with Crippen molar-refractivity contribution in [1.82, 2.24) is 10.0 Å². The molecule has 0 spiro atoms. The van der Waals surface area contributed by atoms with Gasteiger partial charge in [-0.3, -0.25) is 0 Å². The Bertz CT molecular complexity index is 556. The number of rotatable bonds is 9. The third-order valence-electron chi connectivity index (χ3n) is 3.23. The molecule has 0 fully saturated rings. The summed E-state index contributed by atoms with van der Waals surface area (Å²) in [5.74, 6) is 0. The van der Waals surface area contributed by atoms with Gasteiger partial charge in [-0.05, 0) is 50.1 Å². The van der Waals surface area contributed by atoms with Gasteiger partial charge in [-0.15, -0.1) is 0 Å². The Kier molecular flexibility index (Phi) is 7.31. The molecule has 0 aliphatic rings. The molecule has 0 saturated heterocycles. The van der Waals surface area contributed by atoms with Crippen LogP contribution in [-0.2, 0) is 21.3 Å². The minimum Gasteiger partial charge on any atom is -0.380 e. The molecule has 0 saturated carbocycles. The molecule has 0 amide bonds. The summed E-state index contributed by atoms with van der Waals surface area (Å²) in [6.45, 7) is 10.5. The van der Waals surface area contributed by atoms with E-state index in [0.29, 0.717) is 24.7 Å². The van der Waals surface area contributed by atoms with Crippen molar-refractivity contribution in [2.24, 2.45) is 0 Å². The van der Waals surface area contributed by atoms with E-state index in [1.165, 1.54) is 0 Å². The topological polar surface area (TPSA) is 67.4 Å². The standard InChI is InChI=1S/C15H26N2O3S/c1-5-16-11-14-10-15(13(4)9-12(14)3)21(18,19)17-7-8-20-6-2/h9-10,16-17H,5-8,11H2,1-4H3. The molecule has 1 rings (SSSR count). The van der Waals surface area contributed by atoms with Crippen LogP contribution in [-0.4, -0.2) is 34.7 Å². The lowest BCUT2D eigenvalue weighted by Crippen LogP contribution is -2.28. The van der Waals surface area contributed by atoms with Crippen LogP contribution < -0.4 is 10.0 Å². The Balaban J connectivity index is 2.94. The molecule has 5 nitrogen and oxygen atoms in total. The van der Waals surface area contributed by atoms with Gasteiger partial charge < -0.3 is 10.1 Å². The summed E-state index contributed by atoms with van der Waals surface area (Å²) >= 11 is 0. The van der Waals surface area contributed by atoms with E-state index < -0.39 is 10.0 Å². The molecule has 2 N–H and O–H groups in total. The summed E-state index contributed by atoms with van der Waals surface area (Å²) in [5.41, 5.74) is 2.87. The Labute approximate surface area is 128 Å². The van der Waals surface area contributed by atoms with Gasteiger partial charge in [0.1, 0.15) is 0 Å². The molecule has 0 aliphatic carbocycles. The fraction of sp³-hybridized carbons (Fsp3) is 0.600. The van der Waals surface area contributed by atoms with E-state index in [2.05, 4.69) is 10.0 Å². The van der Waals surface area contributed by atoms with E-state index in [1.54, 1.807) is 6.07 Å². The fourth-order valence-corrected chi connectivity index (χ4v) is 3.37. The second kappa shape index (κ2) is 8.48. The van der Waals surface area contributed by atoms with Crippen LogP contribution in [0.5, 0.6) is 0 Å². The van der Waals surface area contributed by atoms with E-state index in [-0.39, 0.29) is 6.54 Å². The van der Waals surface area contributed by atoms with Crippen LogP contribution in [0.15, 0.2) is 17.0 Å². The highest BCUT2D eigenvalue weighted by Gasteiger charge is 2.18. The predicted octanol–water partition coefficient (Wildman–Crippen LogP) is 1.73. The average molecular weight is 314 g/mol. The highest BCUT2D eigenvalue weighted by Crippen LogP contribution is 2.20. The maximum atomic E-state index is 12.4. The highest BCUT2D eigenvalue weighted by atomic mass is 32.2. The number of ether oxygens (including phenoxy) is 1. The van der Waals surface area contributed by atoms with Gasteiger partial charge in [0.05, 0.1) is 11.5 Å². The van der Waals surface area contributed by atoms with Crippen molar-refractivity contribution in [3.8, 4) is 0 Å². The van der Waals surface area contributed by atoms with Crippen LogP contribution >= 0.6 is 0 Å². The van der Waals surface area contributed by atoms with Crippen LogP contribution in [0.3, 0.4) is 0 Å². The summed E-state index contributed by atoms with van der Waals surface area (Å²) in [7, 11) is -3.49. The SMILES string of the molecule is CCNCc1cc(S(=O)(=O)NCCOCC)c(C)cc1C. The Morgan fingerprint density at radius 1 is 1.14 bits per heavy atom. The molecule has 6 heteroatoms. The fourth-order valence-electron chi connectivity index (χ4n) is 2.08. The van der Waals surface area contributed by atoms with Gasteiger partial charge in [-0.2, -0.15) is 0 Å². The molecule has 0 aliphatic heterocycles. The van der Waals surface area contributed by atoms with Crippen molar-refractivity contribution in [2.45, 2.75) is 39.1 Å². The van der Waals surface area contributed by atoms with E-state index in [0.717, 1.165) is 23.2 Å². The molecule has 0 aromatic heterocycles. The summed E-state index contributed by atoms with van der Waals surface area (Å²) in [4.78, 5) is 0.345. The first kappa shape index (κ1) is 18.1. The third kappa shape index (κ3) is 5.39. The summed E-state index contributed by atoms with van der Waals surface area (Å²) in [6.07, 6.45) is 0. The Hall–Kier alpha value is -0.950. The largest absolute Gasteiger partial charge is 0.380 e. The predicted molar refractivity (Wildman–Crippen MR) is 85.0 cm³/mol. The van der Waals surface area contributed by atoms with Gasteiger partial charge in [0, 0.05) is 19.7 Å². The van der Waals surface area contributed by atoms with Crippen molar-refractivity contribution in [3.63, 3.8) is 0 Å². The number of sulfonamides is 1. The second-order valence-electron chi connectivity index (χ2n) is 4.92. The smallest absolute Gasteiger partial charge is 0.240 e. The van der Waals surface area contributed by atoms with Gasteiger partial charge in [0.15, 0.2) is 0 Å². The van der Waals surface area contributed by atoms with Crippen LogP contribution in [0, 0.1) is 13.8 Å². The number of aryl methyl sites for hydroxylation is 2. The summed E-state index contributed by atoms with van der Waals surface area (Å²) in [5, 5.41) is 3.23. The van der Waals surface area contributed by atoms with Gasteiger partial charge in [-0.25, -0.2) is 13.1 Å². The second-order valence-corrected chi connectivity index (χ2v) is 6.65. The normalized spacial score (nSPS) is 11.8. The number of nitrogens with one attached hydrogen (secondary N) is 2. The van der Waals surface area contributed by atoms with E-state index in [1.807, 2.05) is 33.8 Å². The first-order valence-corrected chi connectivity index (χ1v) is 8.79. The maximum Gasteiger partial charge on any atom is 0.240 e. The van der Waals surface area contributed by atoms with Gasteiger partial charge >= 0.3 is 0 Å². The van der Waals surface area contributed by atoms with Gasteiger partial charge in [-0.1, -0.05) is 13.0 Å². The zero-order valence-corrected chi connectivity index (χ0v) is 14.1. The first-order chi connectivity index (χ1) is 9.92. The zero-order chi connectivity index (χ0) is 15.9. The molecule has 0 unspecified atom stereocenters. The van der Waals surface area contributed by atoms with E-state index >= 15 is 0 Å². The maximum absolute atomic E-state index is 12.4. The van der Waals surface area contributed by atoms with Crippen LogP contribution in [0.4, 0.5) is 0 Å². The van der Waals surface area contributed by atoms with Gasteiger partial charge in [0.2, 0.25) is 10.0 Å². The molecule has 0 heterocycles. The average Bonchev–Trinajstić information content (AvgIpc) is 2.42. The highest BCUT2D eigenvalue weighted by molar-refractivity contribution is 7.89. The lowest BCUT2D eigenvalue weighted by atomic mass is 10.1. The Morgan fingerprint density at radius 3 is 2.48 bits per heavy atom. The monoisotopic (exact) mass is 314 g/mol. The van der Waals surface area contributed by atoms with Gasteiger partial charge in [0.25, 0.3) is 0 Å². The van der Waals surface area contributed by atoms with Crippen molar-refractivity contribution >= 4 is 10.0 Å². The molecule has 120 valence electrons. The lowest BCUT2D eigenvalue weighted by Gasteiger charge is -2.14. The van der Waals surface area contributed by atoms with Crippen molar-refractivity contribution in [3.05, 3.63) is 28.8 Å². The van der Waals surface area contributed by atoms with E-state index in [4.69, 9.17) is 4.74 Å². The minimum absolute atomic E-state index is 0.284. The zero-order valence-electron chi connectivity index (χ0n) is 13.3. The van der Waals surface area contributed by atoms with Crippen molar-refractivity contribution < 1.29 is 13.2 Å². The first-order valence-electron chi connectivity index (χ1n) is 7.30. The third-order valence-corrected chi connectivity index (χ3v) is 4.83. The molecule has 21 heavy (non-hydrogen) atoms. The molecule has 1 aromatic rings. The number of benzene rings is 1. The lowest BCUT2D eigenvalue weighted by molar-refractivity contribution is 0.153. The molecule has 0 radical (unpaired) electrons. The minimum atomic E-state index is -3.49. The molecule has 0 bridgehead atoms. The molecular weight excluding hydrogens is 288 g/mol. The number of hydrogen-bond acceptors (Lipinski definition) is 4. The van der Waals surface area contributed by atoms with Crippen molar-refractivity contribution in [1.29, 1.82) is 0 Å². The van der Waals surface area contributed by atoms with E-state index in [9.17, 15) is 8.42 Å². The number of hydrogen-bond donors (Lipinski definition) is 2. The van der Waals surface area contributed by atoms with Crippen LogP contribution in [0.1, 0.15) is 30.5 Å². The quantitative estimate of drug-likeness (QED) is 0.681. The van der Waals surface area contributed by atoms with Crippen LogP contribution in [0.2, 0.25) is 0 Å². The van der Waals surface area contributed by atoms with Crippen molar-refractivity contribution in [2.75, 3.05) is 26.3 Å². The molecule has 1 aromatic carbocycles. The molecular formula is C15H26N2O3S. The van der Waals surface area contributed by atoms with Crippen LogP contribution in [0.25, 0.3) is 0 Å². The Morgan fingerprint density at radius 2 is 1.86 bits per heavy atom. The molecule has 0 atom stereocenters. The summed E-state index contributed by atoms with van der Waals surface area (Å²) in [6, 6.07) is 3.68.